The number of rotatable bonds is 3. The van der Waals surface area contributed by atoms with Crippen molar-refractivity contribution in [1.82, 2.24) is 0 Å². The lowest BCUT2D eigenvalue weighted by molar-refractivity contribution is -0.140. The standard InChI is InChI=1S/C11H9ClF2O2/c12-8-2-1-6(5-7(8)9(13)14)11(3-4-11)10(15)16/h1-2,5,9H,3-4H2,(H,15,16). The topological polar surface area (TPSA) is 37.3 Å². The molecule has 1 saturated carbocycles. The third kappa shape index (κ3) is 1.67. The summed E-state index contributed by atoms with van der Waals surface area (Å²) in [5.41, 5.74) is -0.847. The van der Waals surface area contributed by atoms with Gasteiger partial charge in [-0.05, 0) is 30.5 Å². The molecule has 1 aromatic rings. The highest BCUT2D eigenvalue weighted by Gasteiger charge is 2.51. The first-order valence-corrected chi connectivity index (χ1v) is 5.16. The van der Waals surface area contributed by atoms with Crippen LogP contribution in [-0.4, -0.2) is 11.1 Å². The first-order valence-electron chi connectivity index (χ1n) is 4.79. The fourth-order valence-electron chi connectivity index (χ4n) is 1.76. The maximum atomic E-state index is 12.6. The van der Waals surface area contributed by atoms with Gasteiger partial charge >= 0.3 is 5.97 Å². The first-order chi connectivity index (χ1) is 7.47. The van der Waals surface area contributed by atoms with Gasteiger partial charge in [0, 0.05) is 10.6 Å². The molecule has 1 N–H and O–H groups in total. The maximum Gasteiger partial charge on any atom is 0.314 e. The molecule has 0 atom stereocenters. The minimum absolute atomic E-state index is 0.0278. The molecule has 86 valence electrons. The van der Waals surface area contributed by atoms with Gasteiger partial charge in [-0.3, -0.25) is 4.79 Å². The Kier molecular flexibility index (Phi) is 2.62. The van der Waals surface area contributed by atoms with E-state index in [1.807, 2.05) is 0 Å². The van der Waals surface area contributed by atoms with Crippen molar-refractivity contribution >= 4 is 17.6 Å². The SMILES string of the molecule is O=C(O)C1(c2ccc(Cl)c(C(F)F)c2)CC1. The Labute approximate surface area is 95.8 Å². The number of carboxylic acids is 1. The molecule has 5 heteroatoms. The van der Waals surface area contributed by atoms with Gasteiger partial charge in [-0.15, -0.1) is 0 Å². The third-order valence-electron chi connectivity index (χ3n) is 2.94. The third-order valence-corrected chi connectivity index (χ3v) is 3.29. The summed E-state index contributed by atoms with van der Waals surface area (Å²) in [7, 11) is 0. The number of alkyl halides is 2. The Morgan fingerprint density at radius 2 is 2.06 bits per heavy atom. The van der Waals surface area contributed by atoms with Crippen LogP contribution in [0.25, 0.3) is 0 Å². The summed E-state index contributed by atoms with van der Waals surface area (Å²) in [6, 6.07) is 4.05. The smallest absolute Gasteiger partial charge is 0.314 e. The van der Waals surface area contributed by atoms with E-state index in [1.54, 1.807) is 0 Å². The van der Waals surface area contributed by atoms with Crippen LogP contribution in [0.2, 0.25) is 5.02 Å². The van der Waals surface area contributed by atoms with Crippen LogP contribution in [0.3, 0.4) is 0 Å². The first kappa shape index (κ1) is 11.3. The molecule has 0 amide bonds. The van der Waals surface area contributed by atoms with Gasteiger partial charge in [-0.25, -0.2) is 8.78 Å². The molecule has 0 saturated heterocycles. The van der Waals surface area contributed by atoms with Crippen LogP contribution in [0.5, 0.6) is 0 Å². The summed E-state index contributed by atoms with van der Waals surface area (Å²) in [5, 5.41) is 9.01. The van der Waals surface area contributed by atoms with Crippen LogP contribution >= 0.6 is 11.6 Å². The molecule has 16 heavy (non-hydrogen) atoms. The summed E-state index contributed by atoms with van der Waals surface area (Å²) in [6.07, 6.45) is -1.70. The maximum absolute atomic E-state index is 12.6. The Hall–Kier alpha value is -1.16. The zero-order valence-corrected chi connectivity index (χ0v) is 8.97. The van der Waals surface area contributed by atoms with Gasteiger partial charge < -0.3 is 5.11 Å². The summed E-state index contributed by atoms with van der Waals surface area (Å²) in [4.78, 5) is 11.0. The van der Waals surface area contributed by atoms with E-state index in [2.05, 4.69) is 0 Å². The molecule has 0 heterocycles. The molecule has 1 fully saturated rings. The molecule has 0 unspecified atom stereocenters. The molecule has 1 aliphatic carbocycles. The number of hydrogen-bond donors (Lipinski definition) is 1. The van der Waals surface area contributed by atoms with E-state index >= 15 is 0 Å². The zero-order valence-electron chi connectivity index (χ0n) is 8.21. The molecule has 2 nitrogen and oxygen atoms in total. The van der Waals surface area contributed by atoms with Crippen molar-refractivity contribution in [3.05, 3.63) is 34.3 Å². The Morgan fingerprint density at radius 1 is 1.44 bits per heavy atom. The summed E-state index contributed by atoms with van der Waals surface area (Å²) >= 11 is 5.61. The normalized spacial score (nSPS) is 17.5. The highest BCUT2D eigenvalue weighted by Crippen LogP contribution is 2.49. The van der Waals surface area contributed by atoms with Crippen molar-refractivity contribution in [2.45, 2.75) is 24.7 Å². The number of benzene rings is 1. The summed E-state index contributed by atoms with van der Waals surface area (Å²) < 4.78 is 25.2. The molecule has 0 bridgehead atoms. The van der Waals surface area contributed by atoms with Crippen molar-refractivity contribution in [3.8, 4) is 0 Å². The van der Waals surface area contributed by atoms with Gasteiger partial charge in [-0.2, -0.15) is 0 Å². The molecule has 0 spiro atoms. The largest absolute Gasteiger partial charge is 0.481 e. The number of hydrogen-bond acceptors (Lipinski definition) is 1. The molecule has 1 aromatic carbocycles. The second kappa shape index (κ2) is 3.70. The van der Waals surface area contributed by atoms with Crippen LogP contribution in [-0.2, 0) is 10.2 Å². The molecular weight excluding hydrogens is 238 g/mol. The van der Waals surface area contributed by atoms with Gasteiger partial charge in [0.05, 0.1) is 5.41 Å². The van der Waals surface area contributed by atoms with Gasteiger partial charge in [0.2, 0.25) is 0 Å². The van der Waals surface area contributed by atoms with E-state index in [4.69, 9.17) is 16.7 Å². The predicted octanol–water partition coefficient (Wildman–Crippen LogP) is 3.39. The number of halogens is 3. The lowest BCUT2D eigenvalue weighted by Crippen LogP contribution is -2.19. The Morgan fingerprint density at radius 3 is 2.50 bits per heavy atom. The highest BCUT2D eigenvalue weighted by atomic mass is 35.5. The van der Waals surface area contributed by atoms with Crippen LogP contribution in [0.1, 0.15) is 30.4 Å². The summed E-state index contributed by atoms with van der Waals surface area (Å²) in [5.74, 6) is -0.963. The average molecular weight is 247 g/mol. The Balaban J connectivity index is 2.44. The van der Waals surface area contributed by atoms with E-state index in [-0.39, 0.29) is 10.6 Å². The van der Waals surface area contributed by atoms with Crippen molar-refractivity contribution < 1.29 is 18.7 Å². The minimum atomic E-state index is -2.68. The van der Waals surface area contributed by atoms with E-state index in [0.717, 1.165) is 0 Å². The van der Waals surface area contributed by atoms with E-state index in [9.17, 15) is 13.6 Å². The number of carboxylic acid groups (broad SMARTS) is 1. The monoisotopic (exact) mass is 246 g/mol. The summed E-state index contributed by atoms with van der Waals surface area (Å²) in [6.45, 7) is 0. The second-order valence-corrected chi connectivity index (χ2v) is 4.33. The average Bonchev–Trinajstić information content (AvgIpc) is 2.98. The van der Waals surface area contributed by atoms with Crippen molar-refractivity contribution in [3.63, 3.8) is 0 Å². The van der Waals surface area contributed by atoms with Gasteiger partial charge in [0.25, 0.3) is 6.43 Å². The number of carbonyl (C=O) groups is 1. The van der Waals surface area contributed by atoms with Crippen molar-refractivity contribution in [1.29, 1.82) is 0 Å². The minimum Gasteiger partial charge on any atom is -0.481 e. The lowest BCUT2D eigenvalue weighted by Gasteiger charge is -2.12. The fraction of sp³-hybridized carbons (Fsp3) is 0.364. The van der Waals surface area contributed by atoms with Gasteiger partial charge in [0.1, 0.15) is 0 Å². The molecular formula is C11H9ClF2O2. The van der Waals surface area contributed by atoms with E-state index in [0.29, 0.717) is 18.4 Å². The van der Waals surface area contributed by atoms with E-state index in [1.165, 1.54) is 18.2 Å². The van der Waals surface area contributed by atoms with Crippen LogP contribution in [0.4, 0.5) is 8.78 Å². The molecule has 0 aliphatic heterocycles. The van der Waals surface area contributed by atoms with Crippen LogP contribution < -0.4 is 0 Å². The predicted molar refractivity (Wildman–Crippen MR) is 55.0 cm³/mol. The van der Waals surface area contributed by atoms with Crippen molar-refractivity contribution in [2.24, 2.45) is 0 Å². The van der Waals surface area contributed by atoms with Gasteiger partial charge in [-0.1, -0.05) is 17.7 Å². The highest BCUT2D eigenvalue weighted by molar-refractivity contribution is 6.31. The van der Waals surface area contributed by atoms with Gasteiger partial charge in [0.15, 0.2) is 0 Å². The number of aliphatic carboxylic acids is 1. The van der Waals surface area contributed by atoms with Crippen molar-refractivity contribution in [2.75, 3.05) is 0 Å². The quantitative estimate of drug-likeness (QED) is 0.888. The molecule has 0 aromatic heterocycles. The lowest BCUT2D eigenvalue weighted by atomic mass is 9.94. The van der Waals surface area contributed by atoms with Crippen LogP contribution in [0.15, 0.2) is 18.2 Å². The second-order valence-electron chi connectivity index (χ2n) is 3.92. The molecule has 0 radical (unpaired) electrons. The fourth-order valence-corrected chi connectivity index (χ4v) is 1.96. The van der Waals surface area contributed by atoms with Crippen LogP contribution in [0, 0.1) is 0 Å². The van der Waals surface area contributed by atoms with E-state index < -0.39 is 17.8 Å². The zero-order chi connectivity index (χ0) is 11.9. The molecule has 1 aliphatic rings. The molecule has 2 rings (SSSR count). The Bertz CT molecular complexity index is 442.